The molecule has 0 aliphatic carbocycles. The minimum Gasteiger partial charge on any atom is -0.304 e. The Morgan fingerprint density at radius 2 is 1.79 bits per heavy atom. The third kappa shape index (κ3) is 4.60. The third-order valence-electron chi connectivity index (χ3n) is 5.08. The summed E-state index contributed by atoms with van der Waals surface area (Å²) in [5.74, 6) is 2.05. The lowest BCUT2D eigenvalue weighted by molar-refractivity contribution is 0.0998. The molecule has 33 heavy (non-hydrogen) atoms. The van der Waals surface area contributed by atoms with E-state index in [2.05, 4.69) is 15.6 Å². The van der Waals surface area contributed by atoms with E-state index in [1.165, 1.54) is 23.5 Å². The van der Waals surface area contributed by atoms with E-state index < -0.39 is 15.9 Å². The van der Waals surface area contributed by atoms with Crippen molar-refractivity contribution in [3.63, 3.8) is 0 Å². The Morgan fingerprint density at radius 1 is 1.06 bits per heavy atom. The van der Waals surface area contributed by atoms with Crippen molar-refractivity contribution in [1.82, 2.24) is 4.57 Å². The van der Waals surface area contributed by atoms with E-state index >= 15 is 0 Å². The number of carbonyl (C=O) groups excluding carboxylic acids is 1. The van der Waals surface area contributed by atoms with Gasteiger partial charge in [0.05, 0.1) is 32.9 Å². The summed E-state index contributed by atoms with van der Waals surface area (Å²) in [5.41, 5.74) is 3.21. The lowest BCUT2D eigenvalue weighted by Crippen LogP contribution is -2.18. The molecule has 0 aliphatic rings. The van der Waals surface area contributed by atoms with Crippen LogP contribution in [0, 0.1) is 26.2 Å². The van der Waals surface area contributed by atoms with Crippen molar-refractivity contribution < 1.29 is 13.2 Å². The summed E-state index contributed by atoms with van der Waals surface area (Å²) >= 11 is 1.36. The first-order valence-electron chi connectivity index (χ1n) is 10.1. The van der Waals surface area contributed by atoms with Gasteiger partial charge in [-0.15, -0.1) is 6.42 Å². The van der Waals surface area contributed by atoms with Crippen LogP contribution in [-0.4, -0.2) is 18.9 Å². The van der Waals surface area contributed by atoms with Crippen LogP contribution < -0.4 is 9.52 Å². The number of benzene rings is 3. The molecule has 0 saturated heterocycles. The van der Waals surface area contributed by atoms with Gasteiger partial charge in [0, 0.05) is 0 Å². The maximum Gasteiger partial charge on any atom is 0.281 e. The Kier molecular flexibility index (Phi) is 6.18. The second kappa shape index (κ2) is 9.06. The quantitative estimate of drug-likeness (QED) is 0.432. The Balaban J connectivity index is 1.77. The standard InChI is InChI=1S/C25H21N3O3S2/c1-4-16-28-23-18(3)8-7-11-22(23)32-25(28)26-24(29)20-9-5-6-10-21(20)27-33(30,31)19-14-12-17(2)13-15-19/h1,5-15,27H,16H2,2-3H3. The van der Waals surface area contributed by atoms with Gasteiger partial charge in [0.2, 0.25) is 0 Å². The van der Waals surface area contributed by atoms with Crippen LogP contribution in [-0.2, 0) is 16.6 Å². The number of nitrogens with one attached hydrogen (secondary N) is 1. The molecule has 0 saturated carbocycles. The van der Waals surface area contributed by atoms with Gasteiger partial charge in [0.25, 0.3) is 15.9 Å². The highest BCUT2D eigenvalue weighted by Crippen LogP contribution is 2.23. The molecule has 3 aromatic carbocycles. The fraction of sp³-hybridized carbons (Fsp3) is 0.120. The number of terminal acetylenes is 1. The van der Waals surface area contributed by atoms with Gasteiger partial charge in [-0.25, -0.2) is 8.42 Å². The number of anilines is 1. The smallest absolute Gasteiger partial charge is 0.281 e. The molecule has 4 rings (SSSR count). The minimum atomic E-state index is -3.87. The Bertz CT molecular complexity index is 1570. The van der Waals surface area contributed by atoms with Gasteiger partial charge < -0.3 is 4.57 Å². The summed E-state index contributed by atoms with van der Waals surface area (Å²) in [6.07, 6.45) is 5.56. The second-order valence-electron chi connectivity index (χ2n) is 7.48. The molecule has 6 nitrogen and oxygen atoms in total. The maximum absolute atomic E-state index is 13.2. The van der Waals surface area contributed by atoms with E-state index in [0.717, 1.165) is 21.3 Å². The van der Waals surface area contributed by atoms with Gasteiger partial charge >= 0.3 is 0 Å². The van der Waals surface area contributed by atoms with Crippen LogP contribution in [0.25, 0.3) is 10.2 Å². The fourth-order valence-electron chi connectivity index (χ4n) is 3.46. The predicted molar refractivity (Wildman–Crippen MR) is 132 cm³/mol. The zero-order valence-corrected chi connectivity index (χ0v) is 19.7. The van der Waals surface area contributed by atoms with E-state index in [9.17, 15) is 13.2 Å². The monoisotopic (exact) mass is 475 g/mol. The number of carbonyl (C=O) groups is 1. The highest BCUT2D eigenvalue weighted by atomic mass is 32.2. The number of hydrogen-bond acceptors (Lipinski definition) is 4. The molecule has 1 N–H and O–H groups in total. The second-order valence-corrected chi connectivity index (χ2v) is 10.2. The molecular weight excluding hydrogens is 454 g/mol. The maximum atomic E-state index is 13.2. The van der Waals surface area contributed by atoms with Crippen molar-refractivity contribution in [2.24, 2.45) is 4.99 Å². The number of para-hydroxylation sites is 2. The number of rotatable bonds is 5. The Hall–Kier alpha value is -3.67. The van der Waals surface area contributed by atoms with Crippen molar-refractivity contribution in [3.05, 3.63) is 88.2 Å². The highest BCUT2D eigenvalue weighted by molar-refractivity contribution is 7.92. The number of nitrogens with zero attached hydrogens (tertiary/aromatic N) is 2. The Morgan fingerprint density at radius 3 is 2.52 bits per heavy atom. The van der Waals surface area contributed by atoms with E-state index in [1.807, 2.05) is 36.6 Å². The lowest BCUT2D eigenvalue weighted by Gasteiger charge is -2.11. The van der Waals surface area contributed by atoms with Crippen LogP contribution in [0.1, 0.15) is 21.5 Å². The molecule has 0 unspecified atom stereocenters. The van der Waals surface area contributed by atoms with Crippen molar-refractivity contribution in [2.75, 3.05) is 4.72 Å². The summed E-state index contributed by atoms with van der Waals surface area (Å²) in [4.78, 5) is 18.0. The topological polar surface area (TPSA) is 80.5 Å². The Labute approximate surface area is 196 Å². The van der Waals surface area contributed by atoms with Gasteiger partial charge in [-0.05, 0) is 49.7 Å². The lowest BCUT2D eigenvalue weighted by atomic mass is 10.2. The summed E-state index contributed by atoms with van der Waals surface area (Å²) < 4.78 is 31.0. The van der Waals surface area contributed by atoms with Crippen LogP contribution in [0.2, 0.25) is 0 Å². The fourth-order valence-corrected chi connectivity index (χ4v) is 5.64. The minimum absolute atomic E-state index is 0.110. The number of fused-ring (bicyclic) bond motifs is 1. The average Bonchev–Trinajstić information content (AvgIpc) is 3.12. The van der Waals surface area contributed by atoms with Gasteiger partial charge in [-0.1, -0.05) is 59.2 Å². The molecule has 166 valence electrons. The molecule has 8 heteroatoms. The zero-order valence-electron chi connectivity index (χ0n) is 18.1. The first-order valence-corrected chi connectivity index (χ1v) is 12.4. The molecule has 1 heterocycles. The molecule has 4 aromatic rings. The summed E-state index contributed by atoms with van der Waals surface area (Å²) in [5, 5.41) is 0. The number of thiazole rings is 1. The molecule has 0 bridgehead atoms. The van der Waals surface area contributed by atoms with E-state index in [0.29, 0.717) is 4.80 Å². The molecule has 0 fully saturated rings. The molecule has 0 aliphatic heterocycles. The first-order chi connectivity index (χ1) is 15.8. The van der Waals surface area contributed by atoms with Crippen molar-refractivity contribution in [2.45, 2.75) is 25.3 Å². The number of sulfonamides is 1. The van der Waals surface area contributed by atoms with Gasteiger partial charge in [0.1, 0.15) is 0 Å². The molecule has 0 spiro atoms. The van der Waals surface area contributed by atoms with Crippen molar-refractivity contribution in [3.8, 4) is 12.3 Å². The molecule has 0 atom stereocenters. The van der Waals surface area contributed by atoms with Crippen LogP contribution >= 0.6 is 11.3 Å². The van der Waals surface area contributed by atoms with Crippen LogP contribution in [0.15, 0.2) is 76.6 Å². The summed E-state index contributed by atoms with van der Waals surface area (Å²) in [6.45, 7) is 4.11. The van der Waals surface area contributed by atoms with E-state index in [-0.39, 0.29) is 22.7 Å². The van der Waals surface area contributed by atoms with Crippen molar-refractivity contribution in [1.29, 1.82) is 0 Å². The first kappa shape index (κ1) is 22.5. The normalized spacial score (nSPS) is 12.0. The largest absolute Gasteiger partial charge is 0.304 e. The molecular formula is C25H21N3O3S2. The van der Waals surface area contributed by atoms with Gasteiger partial charge in [-0.2, -0.15) is 4.99 Å². The van der Waals surface area contributed by atoms with Crippen LogP contribution in [0.4, 0.5) is 5.69 Å². The van der Waals surface area contributed by atoms with Crippen LogP contribution in [0.5, 0.6) is 0 Å². The third-order valence-corrected chi connectivity index (χ3v) is 7.51. The van der Waals surface area contributed by atoms with Gasteiger partial charge in [-0.3, -0.25) is 9.52 Å². The number of aromatic nitrogens is 1. The summed E-state index contributed by atoms with van der Waals surface area (Å²) in [6, 6.07) is 18.8. The average molecular weight is 476 g/mol. The number of aryl methyl sites for hydroxylation is 2. The van der Waals surface area contributed by atoms with E-state index in [4.69, 9.17) is 6.42 Å². The molecule has 1 amide bonds. The van der Waals surface area contributed by atoms with Gasteiger partial charge in [0.15, 0.2) is 4.80 Å². The SMILES string of the molecule is C#CCn1c(=NC(=O)c2ccccc2NS(=O)(=O)c2ccc(C)cc2)sc2cccc(C)c21. The summed E-state index contributed by atoms with van der Waals surface area (Å²) in [7, 11) is -3.87. The predicted octanol–water partition coefficient (Wildman–Crippen LogP) is 4.49. The number of hydrogen-bond donors (Lipinski definition) is 1. The molecule has 0 radical (unpaired) electrons. The highest BCUT2D eigenvalue weighted by Gasteiger charge is 2.19. The molecule has 1 aromatic heterocycles. The zero-order chi connectivity index (χ0) is 23.6. The van der Waals surface area contributed by atoms with Crippen molar-refractivity contribution >= 4 is 43.2 Å². The number of amides is 1. The van der Waals surface area contributed by atoms with E-state index in [1.54, 1.807) is 36.4 Å². The van der Waals surface area contributed by atoms with Crippen LogP contribution in [0.3, 0.4) is 0 Å².